The lowest BCUT2D eigenvalue weighted by molar-refractivity contribution is 0.0771. The minimum atomic E-state index is 0.116. The number of hydrogen-bond donors (Lipinski definition) is 1. The van der Waals surface area contributed by atoms with Gasteiger partial charge in [0.05, 0.1) is 11.6 Å². The molecule has 0 aliphatic carbocycles. The number of nitrogens with zero attached hydrogens (tertiary/aromatic N) is 2. The van der Waals surface area contributed by atoms with E-state index in [1.54, 1.807) is 24.3 Å². The lowest BCUT2D eigenvalue weighted by Crippen LogP contribution is -2.38. The van der Waals surface area contributed by atoms with Crippen LogP contribution in [0, 0.1) is 18.3 Å². The number of benzene rings is 2. The number of carbonyl (C=O) groups excluding carboxylic acids is 1. The van der Waals surface area contributed by atoms with Crippen molar-refractivity contribution in [2.24, 2.45) is 0 Å². The van der Waals surface area contributed by atoms with Crippen molar-refractivity contribution >= 4 is 23.4 Å². The Morgan fingerprint density at radius 1 is 1.22 bits per heavy atom. The van der Waals surface area contributed by atoms with Crippen molar-refractivity contribution in [3.8, 4) is 11.8 Å². The fraction of sp³-hybridized carbons (Fsp3) is 0.333. The lowest BCUT2D eigenvalue weighted by Gasteiger charge is -2.27. The topological polar surface area (TPSA) is 65.4 Å². The van der Waals surface area contributed by atoms with Crippen LogP contribution in [0.2, 0.25) is 0 Å². The zero-order valence-corrected chi connectivity index (χ0v) is 16.2. The highest BCUT2D eigenvalue weighted by Gasteiger charge is 2.20. The monoisotopic (exact) mass is 381 g/mol. The minimum absolute atomic E-state index is 0.116. The number of thioether (sulfide) groups is 1. The maximum absolute atomic E-state index is 12.8. The highest BCUT2D eigenvalue weighted by molar-refractivity contribution is 7.99. The van der Waals surface area contributed by atoms with Crippen molar-refractivity contribution in [1.29, 1.82) is 5.26 Å². The molecule has 1 N–H and O–H groups in total. The summed E-state index contributed by atoms with van der Waals surface area (Å²) in [6.45, 7) is 4.74. The van der Waals surface area contributed by atoms with Crippen LogP contribution in [0.1, 0.15) is 21.5 Å². The molecule has 2 aromatic rings. The molecule has 140 valence electrons. The first-order valence-electron chi connectivity index (χ1n) is 9.02. The summed E-state index contributed by atoms with van der Waals surface area (Å²) in [5, 5.41) is 12.2. The predicted molar refractivity (Wildman–Crippen MR) is 110 cm³/mol. The first-order valence-corrected chi connectivity index (χ1v) is 10.2. The van der Waals surface area contributed by atoms with Crippen LogP contribution in [0.3, 0.4) is 0 Å². The summed E-state index contributed by atoms with van der Waals surface area (Å²) >= 11 is 1.90. The Labute approximate surface area is 164 Å². The number of hydrogen-bond acceptors (Lipinski definition) is 5. The standard InChI is InChI=1S/C21H23N3O2S/c1-16-19(21(25)24-10-13-27-14-11-24)3-2-4-20(16)23-9-12-26-18-7-5-17(15-22)6-8-18/h2-8,23H,9-14H2,1H3. The third kappa shape index (κ3) is 4.95. The van der Waals surface area contributed by atoms with Gasteiger partial charge in [0.1, 0.15) is 12.4 Å². The average Bonchev–Trinajstić information content (AvgIpc) is 2.73. The van der Waals surface area contributed by atoms with Crippen LogP contribution in [0.25, 0.3) is 0 Å². The number of amides is 1. The highest BCUT2D eigenvalue weighted by Crippen LogP contribution is 2.22. The van der Waals surface area contributed by atoms with Gasteiger partial charge >= 0.3 is 0 Å². The zero-order chi connectivity index (χ0) is 19.1. The SMILES string of the molecule is Cc1c(NCCOc2ccc(C#N)cc2)cccc1C(=O)N1CCSCC1. The van der Waals surface area contributed by atoms with Crippen LogP contribution in [0.4, 0.5) is 5.69 Å². The van der Waals surface area contributed by atoms with Gasteiger partial charge in [-0.15, -0.1) is 0 Å². The second-order valence-corrected chi connectivity index (χ2v) is 7.52. The molecule has 6 heteroatoms. The third-order valence-electron chi connectivity index (χ3n) is 4.53. The van der Waals surface area contributed by atoms with E-state index in [-0.39, 0.29) is 5.91 Å². The molecule has 5 nitrogen and oxygen atoms in total. The summed E-state index contributed by atoms with van der Waals surface area (Å²) in [4.78, 5) is 14.7. The van der Waals surface area contributed by atoms with E-state index >= 15 is 0 Å². The van der Waals surface area contributed by atoms with Gasteiger partial charge in [-0.1, -0.05) is 6.07 Å². The van der Waals surface area contributed by atoms with Crippen molar-refractivity contribution in [2.45, 2.75) is 6.92 Å². The molecule has 27 heavy (non-hydrogen) atoms. The molecule has 1 heterocycles. The second-order valence-electron chi connectivity index (χ2n) is 6.29. The van der Waals surface area contributed by atoms with Gasteiger partial charge in [-0.2, -0.15) is 17.0 Å². The molecule has 0 aromatic heterocycles. The lowest BCUT2D eigenvalue weighted by atomic mass is 10.1. The molecule has 0 atom stereocenters. The van der Waals surface area contributed by atoms with E-state index in [4.69, 9.17) is 10.00 Å². The largest absolute Gasteiger partial charge is 0.492 e. The Balaban J connectivity index is 1.55. The molecule has 0 saturated carbocycles. The van der Waals surface area contributed by atoms with E-state index in [1.165, 1.54) is 0 Å². The number of anilines is 1. The van der Waals surface area contributed by atoms with Crippen LogP contribution >= 0.6 is 11.8 Å². The Kier molecular flexibility index (Phi) is 6.61. The summed E-state index contributed by atoms with van der Waals surface area (Å²) in [6, 6.07) is 15.0. The first kappa shape index (κ1) is 19.1. The molecule has 1 fully saturated rings. The van der Waals surface area contributed by atoms with Gasteiger partial charge in [-0.3, -0.25) is 4.79 Å². The van der Waals surface area contributed by atoms with E-state index in [2.05, 4.69) is 11.4 Å². The molecular weight excluding hydrogens is 358 g/mol. The number of nitrogens with one attached hydrogen (secondary N) is 1. The van der Waals surface area contributed by atoms with E-state index in [9.17, 15) is 4.79 Å². The molecule has 3 rings (SSSR count). The maximum Gasteiger partial charge on any atom is 0.254 e. The van der Waals surface area contributed by atoms with Crippen LogP contribution in [0.15, 0.2) is 42.5 Å². The Bertz CT molecular complexity index is 824. The van der Waals surface area contributed by atoms with Gasteiger partial charge in [0, 0.05) is 42.4 Å². The van der Waals surface area contributed by atoms with Crippen molar-refractivity contribution in [2.75, 3.05) is 43.1 Å². The zero-order valence-electron chi connectivity index (χ0n) is 15.4. The maximum atomic E-state index is 12.8. The normalized spacial score (nSPS) is 13.7. The molecule has 1 aliphatic heterocycles. The fourth-order valence-electron chi connectivity index (χ4n) is 2.98. The van der Waals surface area contributed by atoms with Crippen LogP contribution in [-0.2, 0) is 0 Å². The highest BCUT2D eigenvalue weighted by atomic mass is 32.2. The van der Waals surface area contributed by atoms with Crippen LogP contribution in [-0.4, -0.2) is 48.6 Å². The number of nitriles is 1. The van der Waals surface area contributed by atoms with Gasteiger partial charge < -0.3 is 15.0 Å². The number of ether oxygens (including phenoxy) is 1. The third-order valence-corrected chi connectivity index (χ3v) is 5.47. The van der Waals surface area contributed by atoms with E-state index in [1.807, 2.05) is 41.8 Å². The molecular formula is C21H23N3O2S. The van der Waals surface area contributed by atoms with Gasteiger partial charge in [-0.05, 0) is 48.9 Å². The molecule has 0 spiro atoms. The van der Waals surface area contributed by atoms with Gasteiger partial charge in [-0.25, -0.2) is 0 Å². The van der Waals surface area contributed by atoms with Crippen LogP contribution < -0.4 is 10.1 Å². The molecule has 0 radical (unpaired) electrons. The fourth-order valence-corrected chi connectivity index (χ4v) is 3.88. The van der Waals surface area contributed by atoms with Gasteiger partial charge in [0.25, 0.3) is 5.91 Å². The minimum Gasteiger partial charge on any atom is -0.492 e. The number of carbonyl (C=O) groups is 1. The molecule has 1 amide bonds. The van der Waals surface area contributed by atoms with Crippen molar-refractivity contribution < 1.29 is 9.53 Å². The van der Waals surface area contributed by atoms with Crippen molar-refractivity contribution in [3.05, 3.63) is 59.2 Å². The van der Waals surface area contributed by atoms with Gasteiger partial charge in [0.2, 0.25) is 0 Å². The molecule has 0 unspecified atom stereocenters. The van der Waals surface area contributed by atoms with E-state index in [0.29, 0.717) is 18.7 Å². The second kappa shape index (κ2) is 9.33. The molecule has 1 aliphatic rings. The van der Waals surface area contributed by atoms with E-state index < -0.39 is 0 Å². The quantitative estimate of drug-likeness (QED) is 0.775. The summed E-state index contributed by atoms with van der Waals surface area (Å²) < 4.78 is 5.69. The summed E-state index contributed by atoms with van der Waals surface area (Å²) in [5.74, 6) is 2.87. The number of rotatable bonds is 6. The molecule has 1 saturated heterocycles. The first-order chi connectivity index (χ1) is 13.2. The average molecular weight is 382 g/mol. The smallest absolute Gasteiger partial charge is 0.254 e. The Morgan fingerprint density at radius 2 is 1.96 bits per heavy atom. The van der Waals surface area contributed by atoms with Gasteiger partial charge in [0.15, 0.2) is 0 Å². The molecule has 2 aromatic carbocycles. The van der Waals surface area contributed by atoms with Crippen molar-refractivity contribution in [1.82, 2.24) is 4.90 Å². The summed E-state index contributed by atoms with van der Waals surface area (Å²) in [6.07, 6.45) is 0. The van der Waals surface area contributed by atoms with E-state index in [0.717, 1.165) is 47.2 Å². The Morgan fingerprint density at radius 3 is 2.67 bits per heavy atom. The molecule has 0 bridgehead atoms. The Hall–Kier alpha value is -2.65. The predicted octanol–water partition coefficient (Wildman–Crippen LogP) is 3.55. The summed E-state index contributed by atoms with van der Waals surface area (Å²) in [5.41, 5.74) is 3.31. The van der Waals surface area contributed by atoms with Crippen molar-refractivity contribution in [3.63, 3.8) is 0 Å². The van der Waals surface area contributed by atoms with Crippen LogP contribution in [0.5, 0.6) is 5.75 Å². The summed E-state index contributed by atoms with van der Waals surface area (Å²) in [7, 11) is 0.